The third kappa shape index (κ3) is 2.55. The summed E-state index contributed by atoms with van der Waals surface area (Å²) in [5.74, 6) is 0.525. The SMILES string of the molecule is CO[C@@H](C1CC(C)(C)C1)[C@H](C)S(N)=O. The Balaban J connectivity index is 2.52. The predicted molar refractivity (Wildman–Crippen MR) is 59.1 cm³/mol. The highest BCUT2D eigenvalue weighted by Crippen LogP contribution is 2.47. The molecule has 0 aromatic rings. The highest BCUT2D eigenvalue weighted by Gasteiger charge is 2.43. The Bertz CT molecular complexity index is 222. The van der Waals surface area contributed by atoms with Crippen LogP contribution < -0.4 is 5.14 Å². The van der Waals surface area contributed by atoms with Crippen LogP contribution in [0.4, 0.5) is 0 Å². The lowest BCUT2D eigenvalue weighted by atomic mass is 9.62. The summed E-state index contributed by atoms with van der Waals surface area (Å²) in [7, 11) is 0.402. The molecule has 1 aliphatic rings. The summed E-state index contributed by atoms with van der Waals surface area (Å²) in [6.07, 6.45) is 2.34. The molecular weight excluding hydrogens is 198 g/mol. The van der Waals surface area contributed by atoms with E-state index in [1.807, 2.05) is 6.92 Å². The highest BCUT2D eigenvalue weighted by molar-refractivity contribution is 7.83. The standard InChI is InChI=1S/C10H21NO2S/c1-7(14(11)12)9(13-4)8-5-10(2,3)6-8/h7-9H,5-6,11H2,1-4H3/t7-,9+,14?/m0/s1. The van der Waals surface area contributed by atoms with Gasteiger partial charge >= 0.3 is 0 Å². The van der Waals surface area contributed by atoms with Crippen molar-refractivity contribution in [2.75, 3.05) is 7.11 Å². The molecule has 4 heteroatoms. The second-order valence-corrected chi connectivity index (χ2v) is 6.47. The lowest BCUT2D eigenvalue weighted by molar-refractivity contribution is -0.0362. The minimum atomic E-state index is -1.28. The maximum Gasteiger partial charge on any atom is 0.0943 e. The zero-order valence-corrected chi connectivity index (χ0v) is 10.3. The van der Waals surface area contributed by atoms with Gasteiger partial charge in [0.2, 0.25) is 0 Å². The summed E-state index contributed by atoms with van der Waals surface area (Å²) in [4.78, 5) is 0. The van der Waals surface area contributed by atoms with Crippen molar-refractivity contribution in [1.82, 2.24) is 0 Å². The van der Waals surface area contributed by atoms with Crippen LogP contribution in [-0.4, -0.2) is 22.7 Å². The Morgan fingerprint density at radius 2 is 2.00 bits per heavy atom. The van der Waals surface area contributed by atoms with Crippen LogP contribution in [0, 0.1) is 11.3 Å². The van der Waals surface area contributed by atoms with E-state index in [-0.39, 0.29) is 11.4 Å². The lowest BCUT2D eigenvalue weighted by Gasteiger charge is -2.47. The van der Waals surface area contributed by atoms with Crippen LogP contribution >= 0.6 is 0 Å². The predicted octanol–water partition coefficient (Wildman–Crippen LogP) is 1.45. The monoisotopic (exact) mass is 219 g/mol. The maximum absolute atomic E-state index is 11.2. The molecule has 3 nitrogen and oxygen atoms in total. The Labute approximate surface area is 89.0 Å². The van der Waals surface area contributed by atoms with Crippen molar-refractivity contribution >= 4 is 11.0 Å². The molecule has 0 bridgehead atoms. The van der Waals surface area contributed by atoms with E-state index in [9.17, 15) is 4.21 Å². The van der Waals surface area contributed by atoms with E-state index in [0.717, 1.165) is 12.8 Å². The van der Waals surface area contributed by atoms with Crippen molar-refractivity contribution in [1.29, 1.82) is 0 Å². The first-order valence-corrected chi connectivity index (χ1v) is 6.33. The van der Waals surface area contributed by atoms with Crippen LogP contribution in [0.2, 0.25) is 0 Å². The Morgan fingerprint density at radius 1 is 1.50 bits per heavy atom. The van der Waals surface area contributed by atoms with Crippen LogP contribution in [0.3, 0.4) is 0 Å². The van der Waals surface area contributed by atoms with E-state index in [1.165, 1.54) is 0 Å². The maximum atomic E-state index is 11.2. The molecule has 3 atom stereocenters. The molecule has 0 aromatic heterocycles. The number of nitrogens with two attached hydrogens (primary N) is 1. The fraction of sp³-hybridized carbons (Fsp3) is 1.00. The molecule has 0 aromatic carbocycles. The summed E-state index contributed by atoms with van der Waals surface area (Å²) in [6.45, 7) is 6.40. The summed E-state index contributed by atoms with van der Waals surface area (Å²) >= 11 is 0. The quantitative estimate of drug-likeness (QED) is 0.778. The molecule has 0 spiro atoms. The van der Waals surface area contributed by atoms with E-state index < -0.39 is 11.0 Å². The molecular formula is C10H21NO2S. The third-order valence-electron chi connectivity index (χ3n) is 3.20. The van der Waals surface area contributed by atoms with Gasteiger partial charge < -0.3 is 4.74 Å². The second kappa shape index (κ2) is 4.29. The van der Waals surface area contributed by atoms with Crippen LogP contribution in [0.5, 0.6) is 0 Å². The highest BCUT2D eigenvalue weighted by atomic mass is 32.2. The molecule has 2 N–H and O–H groups in total. The molecule has 84 valence electrons. The van der Waals surface area contributed by atoms with Crippen molar-refractivity contribution in [3.63, 3.8) is 0 Å². The number of methoxy groups -OCH3 is 1. The summed E-state index contributed by atoms with van der Waals surface area (Å²) in [6, 6.07) is 0. The van der Waals surface area contributed by atoms with Crippen molar-refractivity contribution in [3.05, 3.63) is 0 Å². The number of hydrogen-bond donors (Lipinski definition) is 1. The zero-order chi connectivity index (χ0) is 10.9. The number of rotatable bonds is 4. The molecule has 1 saturated carbocycles. The molecule has 1 unspecified atom stereocenters. The van der Waals surface area contributed by atoms with Crippen molar-refractivity contribution in [2.24, 2.45) is 16.5 Å². The summed E-state index contributed by atoms with van der Waals surface area (Å²) in [5.41, 5.74) is 0.428. The van der Waals surface area contributed by atoms with Gasteiger partial charge in [0.15, 0.2) is 0 Å². The van der Waals surface area contributed by atoms with Crippen molar-refractivity contribution in [2.45, 2.75) is 45.0 Å². The van der Waals surface area contributed by atoms with Gasteiger partial charge in [-0.05, 0) is 31.1 Å². The van der Waals surface area contributed by atoms with Gasteiger partial charge in [0.1, 0.15) is 0 Å². The minimum absolute atomic E-state index is 0.0499. The number of ether oxygens (including phenoxy) is 1. The number of hydrogen-bond acceptors (Lipinski definition) is 2. The van der Waals surface area contributed by atoms with E-state index in [2.05, 4.69) is 13.8 Å². The first-order valence-electron chi connectivity index (χ1n) is 5.05. The molecule has 0 saturated heterocycles. The van der Waals surface area contributed by atoms with Gasteiger partial charge in [-0.15, -0.1) is 0 Å². The third-order valence-corrected chi connectivity index (χ3v) is 4.20. The minimum Gasteiger partial charge on any atom is -0.380 e. The largest absolute Gasteiger partial charge is 0.380 e. The summed E-state index contributed by atoms with van der Waals surface area (Å²) < 4.78 is 16.6. The molecule has 1 rings (SSSR count). The van der Waals surface area contributed by atoms with Crippen molar-refractivity contribution < 1.29 is 8.95 Å². The van der Waals surface area contributed by atoms with Crippen LogP contribution in [0.15, 0.2) is 0 Å². The smallest absolute Gasteiger partial charge is 0.0943 e. The molecule has 0 heterocycles. The average Bonchev–Trinajstić information content (AvgIpc) is 2.02. The zero-order valence-electron chi connectivity index (χ0n) is 9.45. The van der Waals surface area contributed by atoms with Crippen LogP contribution in [-0.2, 0) is 15.7 Å². The molecule has 0 aliphatic heterocycles. The second-order valence-electron chi connectivity index (χ2n) is 5.07. The Hall–Kier alpha value is 0.0700. The first-order chi connectivity index (χ1) is 6.37. The van der Waals surface area contributed by atoms with Gasteiger partial charge in [-0.2, -0.15) is 0 Å². The molecule has 0 radical (unpaired) electrons. The van der Waals surface area contributed by atoms with Crippen LogP contribution in [0.25, 0.3) is 0 Å². The molecule has 1 aliphatic carbocycles. The van der Waals surface area contributed by atoms with Gasteiger partial charge in [-0.1, -0.05) is 13.8 Å². The van der Waals surface area contributed by atoms with E-state index in [4.69, 9.17) is 9.88 Å². The van der Waals surface area contributed by atoms with E-state index in [1.54, 1.807) is 7.11 Å². The molecule has 14 heavy (non-hydrogen) atoms. The van der Waals surface area contributed by atoms with Gasteiger partial charge in [-0.3, -0.25) is 5.14 Å². The normalized spacial score (nSPS) is 27.8. The Kier molecular flexibility index (Phi) is 3.72. The van der Waals surface area contributed by atoms with Gasteiger partial charge in [-0.25, -0.2) is 4.21 Å². The van der Waals surface area contributed by atoms with E-state index >= 15 is 0 Å². The van der Waals surface area contributed by atoms with E-state index in [0.29, 0.717) is 11.3 Å². The average molecular weight is 219 g/mol. The van der Waals surface area contributed by atoms with Gasteiger partial charge in [0.05, 0.1) is 22.3 Å². The lowest BCUT2D eigenvalue weighted by Crippen LogP contribution is -2.46. The molecule has 0 amide bonds. The fourth-order valence-corrected chi connectivity index (χ4v) is 3.09. The van der Waals surface area contributed by atoms with Gasteiger partial charge in [0.25, 0.3) is 0 Å². The van der Waals surface area contributed by atoms with Crippen molar-refractivity contribution in [3.8, 4) is 0 Å². The summed E-state index contributed by atoms with van der Waals surface area (Å²) in [5, 5.41) is 5.32. The van der Waals surface area contributed by atoms with Crippen LogP contribution in [0.1, 0.15) is 33.6 Å². The fourth-order valence-electron chi connectivity index (χ4n) is 2.49. The molecule has 1 fully saturated rings. The van der Waals surface area contributed by atoms with Gasteiger partial charge in [0, 0.05) is 7.11 Å². The first kappa shape index (κ1) is 12.1. The Morgan fingerprint density at radius 3 is 2.29 bits per heavy atom. The topological polar surface area (TPSA) is 52.3 Å².